The molecule has 2 aromatic rings. The second-order valence-electron chi connectivity index (χ2n) is 4.37. The van der Waals surface area contributed by atoms with Crippen LogP contribution in [0.15, 0.2) is 55.6 Å². The first-order valence-electron chi connectivity index (χ1n) is 6.72. The highest BCUT2D eigenvalue weighted by molar-refractivity contribution is 5.78. The van der Waals surface area contributed by atoms with Crippen LogP contribution in [0.2, 0.25) is 0 Å². The van der Waals surface area contributed by atoms with Gasteiger partial charge in [-0.2, -0.15) is 4.68 Å². The molecule has 2 rings (SSSR count). The minimum absolute atomic E-state index is 0.158. The summed E-state index contributed by atoms with van der Waals surface area (Å²) >= 11 is 0. The Labute approximate surface area is 128 Å². The topological polar surface area (TPSA) is 73.1 Å². The molecule has 1 heterocycles. The molecule has 0 spiro atoms. The Morgan fingerprint density at radius 2 is 1.91 bits per heavy atom. The van der Waals surface area contributed by atoms with E-state index in [4.69, 9.17) is 4.74 Å². The molecular formula is C15H17N5O2. The highest BCUT2D eigenvalue weighted by atomic mass is 16.5. The molecule has 114 valence electrons. The summed E-state index contributed by atoms with van der Waals surface area (Å²) in [7, 11) is 0. The maximum Gasteiger partial charge on any atom is 0.340 e. The van der Waals surface area contributed by atoms with Crippen molar-refractivity contribution in [2.75, 3.05) is 19.7 Å². The van der Waals surface area contributed by atoms with Gasteiger partial charge in [0.2, 0.25) is 0 Å². The zero-order chi connectivity index (χ0) is 15.8. The molecule has 0 saturated heterocycles. The molecule has 0 aliphatic carbocycles. The summed E-state index contributed by atoms with van der Waals surface area (Å²) in [6.45, 7) is 7.95. The zero-order valence-corrected chi connectivity index (χ0v) is 12.1. The van der Waals surface area contributed by atoms with E-state index in [1.807, 2.05) is 30.3 Å². The zero-order valence-electron chi connectivity index (χ0n) is 12.1. The van der Waals surface area contributed by atoms with Crippen LogP contribution in [0.4, 0.5) is 0 Å². The number of para-hydroxylation sites is 1. The lowest BCUT2D eigenvalue weighted by molar-refractivity contribution is -0.132. The average molecular weight is 299 g/mol. The number of hydrogen-bond acceptors (Lipinski definition) is 5. The van der Waals surface area contributed by atoms with Gasteiger partial charge in [-0.25, -0.2) is 0 Å². The summed E-state index contributed by atoms with van der Waals surface area (Å²) in [6.07, 6.45) is 3.30. The largest absolute Gasteiger partial charge is 0.452 e. The fraction of sp³-hybridized carbons (Fsp3) is 0.200. The molecule has 1 aromatic heterocycles. The Hall–Kier alpha value is -2.96. The van der Waals surface area contributed by atoms with Crippen LogP contribution in [0.25, 0.3) is 5.69 Å². The maximum atomic E-state index is 12.1. The lowest BCUT2D eigenvalue weighted by Gasteiger charge is -2.18. The number of hydrogen-bond donors (Lipinski definition) is 0. The van der Waals surface area contributed by atoms with Crippen LogP contribution in [0.3, 0.4) is 0 Å². The van der Waals surface area contributed by atoms with Crippen molar-refractivity contribution >= 4 is 5.91 Å². The third-order valence-corrected chi connectivity index (χ3v) is 2.82. The van der Waals surface area contributed by atoms with Gasteiger partial charge in [0.15, 0.2) is 6.61 Å². The third kappa shape index (κ3) is 3.78. The summed E-state index contributed by atoms with van der Waals surface area (Å²) in [5.41, 5.74) is 0.754. The summed E-state index contributed by atoms with van der Waals surface area (Å²) in [5.74, 6) is -0.192. The van der Waals surface area contributed by atoms with E-state index >= 15 is 0 Å². The van der Waals surface area contributed by atoms with E-state index in [1.165, 1.54) is 4.68 Å². The minimum Gasteiger partial charge on any atom is -0.452 e. The monoisotopic (exact) mass is 299 g/mol. The molecular weight excluding hydrogens is 282 g/mol. The first-order chi connectivity index (χ1) is 10.8. The van der Waals surface area contributed by atoms with Gasteiger partial charge in [-0.1, -0.05) is 35.4 Å². The molecule has 0 N–H and O–H groups in total. The third-order valence-electron chi connectivity index (χ3n) is 2.82. The lowest BCUT2D eigenvalue weighted by Crippen LogP contribution is -2.35. The van der Waals surface area contributed by atoms with Gasteiger partial charge >= 0.3 is 6.01 Å². The van der Waals surface area contributed by atoms with Gasteiger partial charge in [-0.05, 0) is 22.6 Å². The molecule has 0 bridgehead atoms. The SMILES string of the molecule is C=CCN(CC=C)C(=O)COc1nnnn1-c1ccccc1. The lowest BCUT2D eigenvalue weighted by atomic mass is 10.3. The molecule has 0 unspecified atom stereocenters. The Balaban J connectivity index is 2.03. The average Bonchev–Trinajstić information content (AvgIpc) is 3.02. The normalized spacial score (nSPS) is 10.0. The van der Waals surface area contributed by atoms with Crippen molar-refractivity contribution in [1.29, 1.82) is 0 Å². The van der Waals surface area contributed by atoms with E-state index in [0.717, 1.165) is 5.69 Å². The van der Waals surface area contributed by atoms with Crippen molar-refractivity contribution in [3.05, 3.63) is 55.6 Å². The highest BCUT2D eigenvalue weighted by Crippen LogP contribution is 2.12. The predicted molar refractivity (Wildman–Crippen MR) is 81.6 cm³/mol. The highest BCUT2D eigenvalue weighted by Gasteiger charge is 2.15. The Bertz CT molecular complexity index is 628. The van der Waals surface area contributed by atoms with Crippen molar-refractivity contribution in [2.45, 2.75) is 0 Å². The molecule has 1 amide bonds. The van der Waals surface area contributed by atoms with E-state index in [-0.39, 0.29) is 18.5 Å². The summed E-state index contributed by atoms with van der Waals surface area (Å²) in [4.78, 5) is 13.7. The number of benzene rings is 1. The molecule has 0 aliphatic rings. The van der Waals surface area contributed by atoms with Crippen LogP contribution in [-0.4, -0.2) is 50.7 Å². The number of ether oxygens (including phenoxy) is 1. The van der Waals surface area contributed by atoms with Gasteiger partial charge < -0.3 is 9.64 Å². The molecule has 22 heavy (non-hydrogen) atoms. The van der Waals surface area contributed by atoms with Crippen molar-refractivity contribution in [3.63, 3.8) is 0 Å². The van der Waals surface area contributed by atoms with Gasteiger partial charge in [0.1, 0.15) is 0 Å². The Kier molecular flexibility index (Phi) is 5.42. The quantitative estimate of drug-likeness (QED) is 0.686. The molecule has 0 radical (unpaired) electrons. The minimum atomic E-state index is -0.192. The van der Waals surface area contributed by atoms with Crippen LogP contribution in [0.1, 0.15) is 0 Å². The molecule has 0 aliphatic heterocycles. The second kappa shape index (κ2) is 7.72. The van der Waals surface area contributed by atoms with E-state index < -0.39 is 0 Å². The molecule has 1 aromatic carbocycles. The number of tetrazole rings is 1. The first-order valence-corrected chi connectivity index (χ1v) is 6.72. The van der Waals surface area contributed by atoms with Crippen LogP contribution in [0.5, 0.6) is 6.01 Å². The fourth-order valence-electron chi connectivity index (χ4n) is 1.81. The van der Waals surface area contributed by atoms with Gasteiger partial charge in [-0.3, -0.25) is 4.79 Å². The smallest absolute Gasteiger partial charge is 0.340 e. The summed E-state index contributed by atoms with van der Waals surface area (Å²) in [6, 6.07) is 9.46. The van der Waals surface area contributed by atoms with Crippen molar-refractivity contribution < 1.29 is 9.53 Å². The molecule has 0 saturated carbocycles. The Morgan fingerprint density at radius 1 is 1.23 bits per heavy atom. The number of carbonyl (C=O) groups excluding carboxylic acids is 1. The summed E-state index contributed by atoms with van der Waals surface area (Å²) in [5, 5.41) is 11.2. The number of aromatic nitrogens is 4. The van der Waals surface area contributed by atoms with Gasteiger partial charge in [0.25, 0.3) is 5.91 Å². The van der Waals surface area contributed by atoms with E-state index in [9.17, 15) is 4.79 Å². The fourth-order valence-corrected chi connectivity index (χ4v) is 1.81. The Morgan fingerprint density at radius 3 is 2.55 bits per heavy atom. The van der Waals surface area contributed by atoms with Crippen LogP contribution < -0.4 is 4.74 Å². The first kappa shape index (κ1) is 15.4. The van der Waals surface area contributed by atoms with Crippen molar-refractivity contribution in [1.82, 2.24) is 25.1 Å². The number of carbonyl (C=O) groups is 1. The molecule has 7 heteroatoms. The maximum absolute atomic E-state index is 12.1. The molecule has 0 atom stereocenters. The van der Waals surface area contributed by atoms with E-state index in [2.05, 4.69) is 28.7 Å². The van der Waals surface area contributed by atoms with E-state index in [1.54, 1.807) is 17.1 Å². The van der Waals surface area contributed by atoms with Gasteiger partial charge in [0, 0.05) is 13.1 Å². The predicted octanol–water partition coefficient (Wildman–Crippen LogP) is 1.24. The van der Waals surface area contributed by atoms with Crippen LogP contribution >= 0.6 is 0 Å². The number of rotatable bonds is 8. The number of nitrogens with zero attached hydrogens (tertiary/aromatic N) is 5. The van der Waals surface area contributed by atoms with Crippen LogP contribution in [0, 0.1) is 0 Å². The van der Waals surface area contributed by atoms with Gasteiger partial charge in [0.05, 0.1) is 5.69 Å². The van der Waals surface area contributed by atoms with E-state index in [0.29, 0.717) is 13.1 Å². The number of amides is 1. The molecule has 0 fully saturated rings. The molecule has 7 nitrogen and oxygen atoms in total. The summed E-state index contributed by atoms with van der Waals surface area (Å²) < 4.78 is 6.86. The van der Waals surface area contributed by atoms with Crippen molar-refractivity contribution in [2.24, 2.45) is 0 Å². The van der Waals surface area contributed by atoms with Gasteiger partial charge in [-0.15, -0.1) is 13.2 Å². The second-order valence-corrected chi connectivity index (χ2v) is 4.37. The standard InChI is InChI=1S/C15H17N5O2/c1-3-10-19(11-4-2)14(21)12-22-15-16-17-18-20(15)13-8-6-5-7-9-13/h3-9H,1-2,10-12H2. The van der Waals surface area contributed by atoms with Crippen LogP contribution in [-0.2, 0) is 4.79 Å². The van der Waals surface area contributed by atoms with Crippen molar-refractivity contribution in [3.8, 4) is 11.7 Å².